The summed E-state index contributed by atoms with van der Waals surface area (Å²) in [6.07, 6.45) is 12.0. The molecule has 2 rings (SSSR count). The van der Waals surface area contributed by atoms with E-state index in [-0.39, 0.29) is 0 Å². The summed E-state index contributed by atoms with van der Waals surface area (Å²) >= 11 is 0. The molecule has 0 saturated carbocycles. The molecule has 0 aromatic carbocycles. The van der Waals surface area contributed by atoms with Gasteiger partial charge in [0.05, 0.1) is 0 Å². The number of hydrogen-bond acceptors (Lipinski definition) is 2. The van der Waals surface area contributed by atoms with Crippen LogP contribution in [-0.4, -0.2) is 37.6 Å². The van der Waals surface area contributed by atoms with Crippen LogP contribution in [0, 0.1) is 0 Å². The number of nitrogens with zero attached hydrogens (tertiary/aromatic N) is 1. The Bertz CT molecular complexity index is 262. The molecule has 1 fully saturated rings. The van der Waals surface area contributed by atoms with Crippen LogP contribution in [0.1, 0.15) is 6.42 Å². The molecular formula is C12H18N2. The van der Waals surface area contributed by atoms with Crippen LogP contribution in [0.5, 0.6) is 0 Å². The molecule has 1 atom stereocenters. The van der Waals surface area contributed by atoms with E-state index in [1.165, 1.54) is 12.1 Å². The van der Waals surface area contributed by atoms with Crippen molar-refractivity contribution < 1.29 is 0 Å². The molecule has 1 saturated heterocycles. The van der Waals surface area contributed by atoms with Gasteiger partial charge in [-0.05, 0) is 19.0 Å². The lowest BCUT2D eigenvalue weighted by Gasteiger charge is -2.32. The predicted octanol–water partition coefficient (Wildman–Crippen LogP) is 1.33. The zero-order valence-corrected chi connectivity index (χ0v) is 8.74. The minimum atomic E-state index is 0.665. The minimum absolute atomic E-state index is 0.665. The Balaban J connectivity index is 1.87. The number of likely N-dealkylation sites (N-methyl/N-ethyl adjacent to an activating group) is 1. The zero-order chi connectivity index (χ0) is 9.80. The van der Waals surface area contributed by atoms with Crippen molar-refractivity contribution in [1.29, 1.82) is 0 Å². The van der Waals surface area contributed by atoms with Crippen molar-refractivity contribution in [2.45, 2.75) is 12.5 Å². The molecule has 2 heteroatoms. The largest absolute Gasteiger partial charge is 0.314 e. The molecule has 1 heterocycles. The van der Waals surface area contributed by atoms with E-state index in [2.05, 4.69) is 47.6 Å². The fourth-order valence-electron chi connectivity index (χ4n) is 1.92. The Hall–Kier alpha value is -0.860. The summed E-state index contributed by atoms with van der Waals surface area (Å²) in [5.41, 5.74) is 1.35. The maximum Gasteiger partial charge on any atom is 0.0252 e. The standard InChI is InChI=1S/C12H18N2/c1-14-9-8-13-10-12(14)7-6-11-4-2-3-5-11/h2-6,12-13H,7-10H2,1H3. The second-order valence-electron chi connectivity index (χ2n) is 4.00. The van der Waals surface area contributed by atoms with E-state index < -0.39 is 0 Å². The SMILES string of the molecule is CN1CCNCC1CC=C1C=CC=C1. The van der Waals surface area contributed by atoms with Crippen molar-refractivity contribution in [2.24, 2.45) is 0 Å². The molecule has 0 radical (unpaired) electrons. The third-order valence-electron chi connectivity index (χ3n) is 2.96. The number of hydrogen-bond donors (Lipinski definition) is 1. The lowest BCUT2D eigenvalue weighted by atomic mass is 10.1. The van der Waals surface area contributed by atoms with Gasteiger partial charge in [-0.1, -0.05) is 30.4 Å². The van der Waals surface area contributed by atoms with Gasteiger partial charge in [0.25, 0.3) is 0 Å². The highest BCUT2D eigenvalue weighted by Crippen LogP contribution is 2.12. The Morgan fingerprint density at radius 1 is 1.50 bits per heavy atom. The van der Waals surface area contributed by atoms with E-state index in [1.54, 1.807) is 0 Å². The van der Waals surface area contributed by atoms with Gasteiger partial charge in [0.2, 0.25) is 0 Å². The van der Waals surface area contributed by atoms with Crippen molar-refractivity contribution in [3.8, 4) is 0 Å². The van der Waals surface area contributed by atoms with Crippen LogP contribution in [0.3, 0.4) is 0 Å². The van der Waals surface area contributed by atoms with Crippen molar-refractivity contribution in [1.82, 2.24) is 10.2 Å². The van der Waals surface area contributed by atoms with Crippen LogP contribution in [0.2, 0.25) is 0 Å². The van der Waals surface area contributed by atoms with Gasteiger partial charge in [0.1, 0.15) is 0 Å². The van der Waals surface area contributed by atoms with Crippen LogP contribution in [0.25, 0.3) is 0 Å². The number of piperazine rings is 1. The van der Waals surface area contributed by atoms with Gasteiger partial charge in [-0.25, -0.2) is 0 Å². The van der Waals surface area contributed by atoms with Gasteiger partial charge in [0, 0.05) is 25.7 Å². The molecule has 1 aliphatic carbocycles. The highest BCUT2D eigenvalue weighted by Gasteiger charge is 2.16. The van der Waals surface area contributed by atoms with Gasteiger partial charge < -0.3 is 10.2 Å². The Morgan fingerprint density at radius 3 is 3.00 bits per heavy atom. The first-order chi connectivity index (χ1) is 6.86. The average molecular weight is 190 g/mol. The molecule has 0 aromatic heterocycles. The maximum absolute atomic E-state index is 3.43. The van der Waals surface area contributed by atoms with Crippen LogP contribution in [0.4, 0.5) is 0 Å². The molecular weight excluding hydrogens is 172 g/mol. The summed E-state index contributed by atoms with van der Waals surface area (Å²) in [7, 11) is 2.21. The molecule has 2 aliphatic rings. The molecule has 76 valence electrons. The summed E-state index contributed by atoms with van der Waals surface area (Å²) in [6, 6.07) is 0.665. The third kappa shape index (κ3) is 2.34. The quantitative estimate of drug-likeness (QED) is 0.706. The predicted molar refractivity (Wildman–Crippen MR) is 60.3 cm³/mol. The Labute approximate surface area is 86.0 Å². The molecule has 2 nitrogen and oxygen atoms in total. The molecule has 1 N–H and O–H groups in total. The fraction of sp³-hybridized carbons (Fsp3) is 0.500. The highest BCUT2D eigenvalue weighted by atomic mass is 15.2. The number of allylic oxidation sites excluding steroid dienone is 5. The molecule has 1 aliphatic heterocycles. The van der Waals surface area contributed by atoms with Gasteiger partial charge >= 0.3 is 0 Å². The normalized spacial score (nSPS) is 27.2. The molecule has 0 bridgehead atoms. The minimum Gasteiger partial charge on any atom is -0.314 e. The molecule has 0 amide bonds. The zero-order valence-electron chi connectivity index (χ0n) is 8.74. The summed E-state index contributed by atoms with van der Waals surface area (Å²) in [5, 5.41) is 3.43. The van der Waals surface area contributed by atoms with Gasteiger partial charge in [-0.3, -0.25) is 0 Å². The van der Waals surface area contributed by atoms with Crippen LogP contribution < -0.4 is 5.32 Å². The van der Waals surface area contributed by atoms with E-state index in [0.29, 0.717) is 6.04 Å². The highest BCUT2D eigenvalue weighted by molar-refractivity contribution is 5.39. The smallest absolute Gasteiger partial charge is 0.0252 e. The van der Waals surface area contributed by atoms with Crippen molar-refractivity contribution >= 4 is 0 Å². The summed E-state index contributed by atoms with van der Waals surface area (Å²) in [4.78, 5) is 2.44. The molecule has 14 heavy (non-hydrogen) atoms. The first-order valence-corrected chi connectivity index (χ1v) is 5.32. The van der Waals surface area contributed by atoms with Crippen LogP contribution >= 0.6 is 0 Å². The van der Waals surface area contributed by atoms with Crippen molar-refractivity contribution in [2.75, 3.05) is 26.7 Å². The number of nitrogens with one attached hydrogen (secondary N) is 1. The summed E-state index contributed by atoms with van der Waals surface area (Å²) < 4.78 is 0. The molecule has 0 aromatic rings. The second kappa shape index (κ2) is 4.58. The van der Waals surface area contributed by atoms with Gasteiger partial charge in [-0.15, -0.1) is 0 Å². The topological polar surface area (TPSA) is 15.3 Å². The van der Waals surface area contributed by atoms with E-state index >= 15 is 0 Å². The fourth-order valence-corrected chi connectivity index (χ4v) is 1.92. The van der Waals surface area contributed by atoms with E-state index in [9.17, 15) is 0 Å². The third-order valence-corrected chi connectivity index (χ3v) is 2.96. The summed E-state index contributed by atoms with van der Waals surface area (Å²) in [6.45, 7) is 3.41. The van der Waals surface area contributed by atoms with E-state index in [0.717, 1.165) is 19.5 Å². The lowest BCUT2D eigenvalue weighted by Crippen LogP contribution is -2.48. The average Bonchev–Trinajstić information content (AvgIpc) is 2.69. The second-order valence-corrected chi connectivity index (χ2v) is 4.00. The van der Waals surface area contributed by atoms with Gasteiger partial charge in [-0.2, -0.15) is 0 Å². The first-order valence-electron chi connectivity index (χ1n) is 5.32. The van der Waals surface area contributed by atoms with E-state index in [1.807, 2.05) is 0 Å². The molecule has 1 unspecified atom stereocenters. The van der Waals surface area contributed by atoms with Crippen molar-refractivity contribution in [3.63, 3.8) is 0 Å². The first kappa shape index (κ1) is 9.69. The Morgan fingerprint density at radius 2 is 2.29 bits per heavy atom. The number of rotatable bonds is 2. The lowest BCUT2D eigenvalue weighted by molar-refractivity contribution is 0.201. The van der Waals surface area contributed by atoms with Crippen molar-refractivity contribution in [3.05, 3.63) is 36.0 Å². The Kier molecular flexibility index (Phi) is 3.17. The maximum atomic E-state index is 3.43. The summed E-state index contributed by atoms with van der Waals surface area (Å²) in [5.74, 6) is 0. The van der Waals surface area contributed by atoms with Gasteiger partial charge in [0.15, 0.2) is 0 Å². The van der Waals surface area contributed by atoms with E-state index in [4.69, 9.17) is 0 Å². The molecule has 0 spiro atoms. The van der Waals surface area contributed by atoms with Crippen LogP contribution in [-0.2, 0) is 0 Å². The monoisotopic (exact) mass is 190 g/mol. The van der Waals surface area contributed by atoms with Crippen LogP contribution in [0.15, 0.2) is 36.0 Å².